The first-order valence-corrected chi connectivity index (χ1v) is 12.1. The number of imidazole rings is 1. The van der Waals surface area contributed by atoms with Crippen molar-refractivity contribution in [2.75, 3.05) is 37.5 Å². The molecule has 1 fully saturated rings. The van der Waals surface area contributed by atoms with Crippen LogP contribution in [0.5, 0.6) is 0 Å². The van der Waals surface area contributed by atoms with Crippen molar-refractivity contribution in [2.45, 2.75) is 26.3 Å². The van der Waals surface area contributed by atoms with Crippen molar-refractivity contribution in [1.29, 1.82) is 0 Å². The lowest BCUT2D eigenvalue weighted by atomic mass is 10.3. The van der Waals surface area contributed by atoms with Gasteiger partial charge in [-0.05, 0) is 38.9 Å². The number of amides is 1. The number of hydrogen-bond donors (Lipinski definition) is 2. The van der Waals surface area contributed by atoms with Gasteiger partial charge in [-0.3, -0.25) is 4.79 Å². The predicted octanol–water partition coefficient (Wildman–Crippen LogP) is 2.10. The Morgan fingerprint density at radius 1 is 1.03 bits per heavy atom. The second-order valence-electron chi connectivity index (χ2n) is 8.50. The molecule has 0 aromatic carbocycles. The maximum absolute atomic E-state index is 12.5. The summed E-state index contributed by atoms with van der Waals surface area (Å²) in [5.74, 6) is 0.345. The summed E-state index contributed by atoms with van der Waals surface area (Å²) in [5.41, 5.74) is 3.11. The first kappa shape index (κ1) is 26.8. The highest BCUT2D eigenvalue weighted by Gasteiger charge is 2.23. The molecule has 0 unspecified atom stereocenters. The van der Waals surface area contributed by atoms with Crippen LogP contribution >= 0.6 is 11.6 Å². The standard InChI is InChI=1S/C18H22N8O.C6H5ClN2O2/c1-11-8-26-10-15(23-12(2)16(26)22-11)24-17(27)13-6-20-18(21-7-13)25-5-4-14(9-25)19-3;1-11-5(10)4-2-8-6(7)9-3-4/h6-8,10,14,19H,4-5,9H2,1-3H3,(H,24,27);2-3H,1H3/t14-;/m1./s1. The van der Waals surface area contributed by atoms with Gasteiger partial charge in [-0.15, -0.1) is 0 Å². The van der Waals surface area contributed by atoms with Crippen LogP contribution in [-0.2, 0) is 4.74 Å². The monoisotopic (exact) mass is 538 g/mol. The molecule has 0 radical (unpaired) electrons. The van der Waals surface area contributed by atoms with Crippen LogP contribution in [0.15, 0.2) is 37.2 Å². The topological polar surface area (TPSA) is 152 Å². The van der Waals surface area contributed by atoms with Gasteiger partial charge in [-0.25, -0.2) is 34.7 Å². The Morgan fingerprint density at radius 3 is 2.34 bits per heavy atom. The minimum Gasteiger partial charge on any atom is -0.465 e. The number of hydrogen-bond acceptors (Lipinski definition) is 11. The van der Waals surface area contributed by atoms with Gasteiger partial charge in [0.15, 0.2) is 5.65 Å². The van der Waals surface area contributed by atoms with Crippen molar-refractivity contribution in [3.8, 4) is 0 Å². The number of halogens is 1. The van der Waals surface area contributed by atoms with E-state index in [9.17, 15) is 9.59 Å². The number of nitrogens with one attached hydrogen (secondary N) is 2. The Kier molecular flexibility index (Phi) is 8.38. The maximum Gasteiger partial charge on any atom is 0.341 e. The van der Waals surface area contributed by atoms with Crippen LogP contribution in [0.3, 0.4) is 0 Å². The van der Waals surface area contributed by atoms with E-state index >= 15 is 0 Å². The molecule has 4 aromatic heterocycles. The number of methoxy groups -OCH3 is 1. The summed E-state index contributed by atoms with van der Waals surface area (Å²) in [6.07, 6.45) is 10.4. The molecule has 1 amide bonds. The first-order chi connectivity index (χ1) is 18.3. The number of aromatic nitrogens is 7. The third-order valence-electron chi connectivity index (χ3n) is 5.79. The van der Waals surface area contributed by atoms with Crippen molar-refractivity contribution in [3.63, 3.8) is 0 Å². The number of aryl methyl sites for hydroxylation is 2. The molecule has 2 N–H and O–H groups in total. The van der Waals surface area contributed by atoms with Crippen molar-refractivity contribution in [2.24, 2.45) is 0 Å². The molecule has 1 aliphatic heterocycles. The Hall–Kier alpha value is -4.23. The quantitative estimate of drug-likeness (QED) is 0.283. The zero-order chi connectivity index (χ0) is 27.2. The average Bonchev–Trinajstić information content (AvgIpc) is 3.55. The van der Waals surface area contributed by atoms with E-state index in [2.05, 4.69) is 50.2 Å². The van der Waals surface area contributed by atoms with Crippen molar-refractivity contribution >= 4 is 40.9 Å². The van der Waals surface area contributed by atoms with E-state index in [1.165, 1.54) is 19.5 Å². The minimum atomic E-state index is -0.471. The lowest BCUT2D eigenvalue weighted by Crippen LogP contribution is -2.30. The highest BCUT2D eigenvalue weighted by molar-refractivity contribution is 6.28. The van der Waals surface area contributed by atoms with E-state index in [1.807, 2.05) is 31.5 Å². The predicted molar refractivity (Wildman–Crippen MR) is 141 cm³/mol. The van der Waals surface area contributed by atoms with Gasteiger partial charge in [0.2, 0.25) is 11.2 Å². The largest absolute Gasteiger partial charge is 0.465 e. The second-order valence-corrected chi connectivity index (χ2v) is 8.84. The smallest absolute Gasteiger partial charge is 0.341 e. The average molecular weight is 539 g/mol. The molecule has 0 spiro atoms. The van der Waals surface area contributed by atoms with Crippen molar-refractivity contribution in [3.05, 3.63) is 65.0 Å². The fourth-order valence-corrected chi connectivity index (χ4v) is 3.93. The normalized spacial score (nSPS) is 14.7. The summed E-state index contributed by atoms with van der Waals surface area (Å²) in [6, 6.07) is 0.451. The summed E-state index contributed by atoms with van der Waals surface area (Å²) in [5, 5.41) is 6.18. The number of likely N-dealkylation sites (N-methyl/N-ethyl adjacent to an activating group) is 1. The van der Waals surface area contributed by atoms with E-state index in [-0.39, 0.29) is 16.8 Å². The first-order valence-electron chi connectivity index (χ1n) is 11.7. The number of carbonyl (C=O) groups is 2. The summed E-state index contributed by atoms with van der Waals surface area (Å²) in [4.78, 5) is 50.1. The lowest BCUT2D eigenvalue weighted by Gasteiger charge is -2.16. The molecule has 0 bridgehead atoms. The molecule has 198 valence electrons. The number of esters is 1. The van der Waals surface area contributed by atoms with Gasteiger partial charge in [0.1, 0.15) is 5.82 Å². The van der Waals surface area contributed by atoms with Gasteiger partial charge in [0.25, 0.3) is 5.91 Å². The zero-order valence-electron chi connectivity index (χ0n) is 21.3. The van der Waals surface area contributed by atoms with Crippen molar-refractivity contribution < 1.29 is 14.3 Å². The fraction of sp³-hybridized carbons (Fsp3) is 0.333. The van der Waals surface area contributed by atoms with Gasteiger partial charge in [-0.2, -0.15) is 0 Å². The molecule has 14 heteroatoms. The Balaban J connectivity index is 0.000000257. The Labute approximate surface area is 223 Å². The fourth-order valence-electron chi connectivity index (χ4n) is 3.84. The summed E-state index contributed by atoms with van der Waals surface area (Å²) in [7, 11) is 3.25. The molecule has 5 heterocycles. The van der Waals surface area contributed by atoms with Crippen molar-refractivity contribution in [1.82, 2.24) is 39.6 Å². The number of rotatable bonds is 5. The third kappa shape index (κ3) is 6.36. The third-order valence-corrected chi connectivity index (χ3v) is 5.98. The number of fused-ring (bicyclic) bond motifs is 1. The molecule has 1 saturated heterocycles. The molecule has 1 atom stereocenters. The van der Waals surface area contributed by atoms with Crippen LogP contribution in [0.25, 0.3) is 5.65 Å². The molecule has 5 rings (SSSR count). The molecule has 13 nitrogen and oxygen atoms in total. The van der Waals surface area contributed by atoms with Crippen LogP contribution in [0.4, 0.5) is 11.8 Å². The van der Waals surface area contributed by atoms with E-state index in [1.54, 1.807) is 18.6 Å². The van der Waals surface area contributed by atoms with Crippen LogP contribution in [0.2, 0.25) is 5.28 Å². The lowest BCUT2D eigenvalue weighted by molar-refractivity contribution is 0.0599. The number of anilines is 2. The van der Waals surface area contributed by atoms with Gasteiger partial charge < -0.3 is 24.7 Å². The Morgan fingerprint density at radius 2 is 1.71 bits per heavy atom. The number of nitrogens with zero attached hydrogens (tertiary/aromatic N) is 8. The maximum atomic E-state index is 12.5. The summed E-state index contributed by atoms with van der Waals surface area (Å²) >= 11 is 5.39. The highest BCUT2D eigenvalue weighted by Crippen LogP contribution is 2.17. The van der Waals surface area contributed by atoms with E-state index in [0.29, 0.717) is 23.4 Å². The van der Waals surface area contributed by atoms with Gasteiger partial charge in [-0.1, -0.05) is 0 Å². The molecular weight excluding hydrogens is 512 g/mol. The summed E-state index contributed by atoms with van der Waals surface area (Å²) in [6.45, 7) is 5.56. The minimum absolute atomic E-state index is 0.109. The number of ether oxygens (including phenoxy) is 1. The van der Waals surface area contributed by atoms with Gasteiger partial charge in [0.05, 0.1) is 35.8 Å². The Bertz CT molecular complexity index is 1430. The van der Waals surface area contributed by atoms with E-state index in [0.717, 1.165) is 36.5 Å². The van der Waals surface area contributed by atoms with Gasteiger partial charge >= 0.3 is 5.97 Å². The van der Waals surface area contributed by atoms with E-state index < -0.39 is 5.97 Å². The molecule has 4 aromatic rings. The molecule has 38 heavy (non-hydrogen) atoms. The van der Waals surface area contributed by atoms with E-state index in [4.69, 9.17) is 11.6 Å². The number of carbonyl (C=O) groups excluding carboxylic acids is 2. The van der Waals surface area contributed by atoms with Crippen LogP contribution in [-0.4, -0.2) is 79.5 Å². The summed E-state index contributed by atoms with van der Waals surface area (Å²) < 4.78 is 6.27. The second kappa shape index (κ2) is 11.9. The molecular formula is C24H27ClN10O3. The highest BCUT2D eigenvalue weighted by atomic mass is 35.5. The zero-order valence-corrected chi connectivity index (χ0v) is 22.1. The molecule has 1 aliphatic rings. The van der Waals surface area contributed by atoms with Crippen LogP contribution < -0.4 is 15.5 Å². The SMILES string of the molecule is CN[C@@H]1CCN(c2ncc(C(=O)Nc3cn4cc(C)nc4c(C)n3)cn2)C1.COC(=O)c1cnc(Cl)nc1. The molecule has 0 aliphatic carbocycles. The van der Waals surface area contributed by atoms with Gasteiger partial charge in [0, 0.05) is 50.1 Å². The molecule has 0 saturated carbocycles. The van der Waals surface area contributed by atoms with Crippen LogP contribution in [0.1, 0.15) is 38.5 Å². The van der Waals surface area contributed by atoms with Crippen LogP contribution in [0, 0.1) is 13.8 Å².